The van der Waals surface area contributed by atoms with E-state index in [1.54, 1.807) is 42.5 Å². The van der Waals surface area contributed by atoms with Gasteiger partial charge in [0.2, 0.25) is 10.0 Å². The molecule has 0 fully saturated rings. The van der Waals surface area contributed by atoms with Gasteiger partial charge < -0.3 is 5.43 Å². The largest absolute Gasteiger partial charge is 0.323 e. The Morgan fingerprint density at radius 2 is 1.76 bits per heavy atom. The Kier molecular flexibility index (Phi) is 4.55. The number of hydrazine groups is 1. The molecule has 0 spiro atoms. The minimum Gasteiger partial charge on any atom is -0.323 e. The van der Waals surface area contributed by atoms with E-state index >= 15 is 0 Å². The average Bonchev–Trinajstić information content (AvgIpc) is 2.53. The number of nitriles is 1. The highest BCUT2D eigenvalue weighted by Gasteiger charge is 2.17. The number of anilines is 1. The van der Waals surface area contributed by atoms with Crippen molar-refractivity contribution in [3.8, 4) is 6.07 Å². The molecule has 2 aromatic carbocycles. The molecule has 0 aromatic heterocycles. The molecule has 0 aliphatic heterocycles. The molecule has 0 atom stereocenters. The predicted octanol–water partition coefficient (Wildman–Crippen LogP) is 1.32. The van der Waals surface area contributed by atoms with Gasteiger partial charge in [-0.15, -0.1) is 0 Å². The summed E-state index contributed by atoms with van der Waals surface area (Å²) in [4.78, 5) is 0.0844. The third-order valence-electron chi connectivity index (χ3n) is 2.88. The lowest BCUT2D eigenvalue weighted by molar-refractivity contribution is 0.581. The molecule has 0 heterocycles. The molecule has 0 aliphatic carbocycles. The molecule has 2 rings (SSSR count). The highest BCUT2D eigenvalue weighted by Crippen LogP contribution is 2.19. The number of para-hydroxylation sites is 1. The molecule has 0 bridgehead atoms. The van der Waals surface area contributed by atoms with Gasteiger partial charge in [-0.1, -0.05) is 24.3 Å². The van der Waals surface area contributed by atoms with Gasteiger partial charge in [-0.2, -0.15) is 5.26 Å². The molecule has 7 heteroatoms. The molecule has 0 aliphatic rings. The summed E-state index contributed by atoms with van der Waals surface area (Å²) in [6, 6.07) is 15.0. The zero-order valence-corrected chi connectivity index (χ0v) is 11.9. The number of hydrogen-bond acceptors (Lipinski definition) is 5. The summed E-state index contributed by atoms with van der Waals surface area (Å²) in [5.41, 5.74) is 3.97. The minimum absolute atomic E-state index is 0.0844. The van der Waals surface area contributed by atoms with Crippen molar-refractivity contribution in [2.45, 2.75) is 11.4 Å². The summed E-state index contributed by atoms with van der Waals surface area (Å²) >= 11 is 0. The van der Waals surface area contributed by atoms with Gasteiger partial charge in [-0.3, -0.25) is 5.84 Å². The maximum atomic E-state index is 12.2. The molecule has 0 unspecified atom stereocenters. The second-order valence-electron chi connectivity index (χ2n) is 4.27. The molecular formula is C14H14N4O2S. The first-order valence-corrected chi connectivity index (χ1v) is 7.59. The fraction of sp³-hybridized carbons (Fsp3) is 0.0714. The molecule has 0 amide bonds. The quantitative estimate of drug-likeness (QED) is 0.570. The molecule has 6 nitrogen and oxygen atoms in total. The van der Waals surface area contributed by atoms with Crippen LogP contribution in [0.2, 0.25) is 0 Å². The lowest BCUT2D eigenvalue weighted by atomic mass is 10.1. The summed E-state index contributed by atoms with van der Waals surface area (Å²) in [7, 11) is -3.67. The number of nitrogens with two attached hydrogens (primary N) is 1. The van der Waals surface area contributed by atoms with Gasteiger partial charge in [0.05, 0.1) is 17.3 Å². The first-order valence-electron chi connectivity index (χ1n) is 6.11. The average molecular weight is 302 g/mol. The predicted molar refractivity (Wildman–Crippen MR) is 79.4 cm³/mol. The normalized spacial score (nSPS) is 10.9. The van der Waals surface area contributed by atoms with Crippen LogP contribution in [0.1, 0.15) is 11.1 Å². The van der Waals surface area contributed by atoms with E-state index in [9.17, 15) is 8.42 Å². The molecule has 21 heavy (non-hydrogen) atoms. The number of hydrogen-bond donors (Lipinski definition) is 3. The monoisotopic (exact) mass is 302 g/mol. The van der Waals surface area contributed by atoms with Crippen LogP contribution in [0, 0.1) is 11.3 Å². The van der Waals surface area contributed by atoms with Crippen LogP contribution < -0.4 is 16.0 Å². The zero-order chi connectivity index (χ0) is 15.3. The van der Waals surface area contributed by atoms with Gasteiger partial charge in [-0.05, 0) is 29.8 Å². The van der Waals surface area contributed by atoms with E-state index in [1.165, 1.54) is 6.07 Å². The minimum atomic E-state index is -3.67. The van der Waals surface area contributed by atoms with Crippen molar-refractivity contribution in [3.05, 3.63) is 59.7 Å². The first kappa shape index (κ1) is 15.0. The van der Waals surface area contributed by atoms with Gasteiger partial charge in [0, 0.05) is 6.54 Å². The van der Waals surface area contributed by atoms with Crippen molar-refractivity contribution in [1.82, 2.24) is 4.72 Å². The maximum absolute atomic E-state index is 12.2. The topological polar surface area (TPSA) is 108 Å². The van der Waals surface area contributed by atoms with E-state index in [0.29, 0.717) is 11.3 Å². The third kappa shape index (κ3) is 3.58. The summed E-state index contributed by atoms with van der Waals surface area (Å²) in [6.07, 6.45) is 0. The highest BCUT2D eigenvalue weighted by molar-refractivity contribution is 7.89. The van der Waals surface area contributed by atoms with Crippen molar-refractivity contribution in [1.29, 1.82) is 5.26 Å². The van der Waals surface area contributed by atoms with Crippen molar-refractivity contribution in [2.75, 3.05) is 5.43 Å². The van der Waals surface area contributed by atoms with E-state index in [1.807, 2.05) is 6.07 Å². The van der Waals surface area contributed by atoms with Gasteiger partial charge in [0.15, 0.2) is 0 Å². The first-order chi connectivity index (χ1) is 10.1. The van der Waals surface area contributed by atoms with E-state index in [0.717, 1.165) is 5.56 Å². The second-order valence-corrected chi connectivity index (χ2v) is 6.01. The zero-order valence-electron chi connectivity index (χ0n) is 11.1. The molecule has 4 N–H and O–H groups in total. The lowest BCUT2D eigenvalue weighted by Crippen LogP contribution is -2.25. The summed E-state index contributed by atoms with van der Waals surface area (Å²) in [6.45, 7) is 0.132. The molecule has 0 radical (unpaired) electrons. The van der Waals surface area contributed by atoms with Crippen LogP contribution in [-0.2, 0) is 16.6 Å². The Morgan fingerprint density at radius 3 is 2.38 bits per heavy atom. The number of rotatable bonds is 5. The van der Waals surface area contributed by atoms with Crippen molar-refractivity contribution in [2.24, 2.45) is 5.84 Å². The van der Waals surface area contributed by atoms with Crippen LogP contribution >= 0.6 is 0 Å². The SMILES string of the molecule is N#Cc1ccc(CNS(=O)(=O)c2ccccc2NN)cc1. The Bertz CT molecular complexity index is 764. The number of nitrogens with one attached hydrogen (secondary N) is 2. The lowest BCUT2D eigenvalue weighted by Gasteiger charge is -2.10. The van der Waals surface area contributed by atoms with E-state index in [4.69, 9.17) is 11.1 Å². The number of nitrogen functional groups attached to an aromatic ring is 1. The highest BCUT2D eigenvalue weighted by atomic mass is 32.2. The van der Waals surface area contributed by atoms with Gasteiger partial charge in [0.25, 0.3) is 0 Å². The van der Waals surface area contributed by atoms with Crippen LogP contribution in [-0.4, -0.2) is 8.42 Å². The van der Waals surface area contributed by atoms with Crippen LogP contribution in [0.4, 0.5) is 5.69 Å². The molecule has 0 saturated carbocycles. The Hall–Kier alpha value is -2.40. The Morgan fingerprint density at radius 1 is 1.10 bits per heavy atom. The van der Waals surface area contributed by atoms with Gasteiger partial charge in [-0.25, -0.2) is 13.1 Å². The molecule has 0 saturated heterocycles. The fourth-order valence-corrected chi connectivity index (χ4v) is 2.96. The maximum Gasteiger partial charge on any atom is 0.242 e. The Labute approximate surface area is 123 Å². The second kappa shape index (κ2) is 6.37. The van der Waals surface area contributed by atoms with E-state index < -0.39 is 10.0 Å². The van der Waals surface area contributed by atoms with Crippen LogP contribution in [0.3, 0.4) is 0 Å². The molecule has 2 aromatic rings. The van der Waals surface area contributed by atoms with E-state index in [-0.39, 0.29) is 11.4 Å². The van der Waals surface area contributed by atoms with Crippen LogP contribution in [0.25, 0.3) is 0 Å². The number of nitrogens with zero attached hydrogens (tertiary/aromatic N) is 1. The standard InChI is InChI=1S/C14H14N4O2S/c15-9-11-5-7-12(8-6-11)10-17-21(19,20)14-4-2-1-3-13(14)18-16/h1-8,17-18H,10,16H2. The number of sulfonamides is 1. The van der Waals surface area contributed by atoms with Crippen LogP contribution in [0.15, 0.2) is 53.4 Å². The molecular weight excluding hydrogens is 288 g/mol. The summed E-state index contributed by atoms with van der Waals surface area (Å²) in [5, 5.41) is 8.71. The van der Waals surface area contributed by atoms with Crippen molar-refractivity contribution in [3.63, 3.8) is 0 Å². The van der Waals surface area contributed by atoms with Crippen molar-refractivity contribution < 1.29 is 8.42 Å². The fourth-order valence-electron chi connectivity index (χ4n) is 1.77. The van der Waals surface area contributed by atoms with Crippen LogP contribution in [0.5, 0.6) is 0 Å². The number of benzene rings is 2. The summed E-state index contributed by atoms with van der Waals surface area (Å²) < 4.78 is 27.0. The smallest absolute Gasteiger partial charge is 0.242 e. The van der Waals surface area contributed by atoms with Crippen molar-refractivity contribution >= 4 is 15.7 Å². The van der Waals surface area contributed by atoms with E-state index in [2.05, 4.69) is 10.1 Å². The molecule has 108 valence electrons. The van der Waals surface area contributed by atoms with Gasteiger partial charge in [0.1, 0.15) is 4.90 Å². The Balaban J connectivity index is 2.16. The van der Waals surface area contributed by atoms with Gasteiger partial charge >= 0.3 is 0 Å². The summed E-state index contributed by atoms with van der Waals surface area (Å²) in [5.74, 6) is 5.31. The third-order valence-corrected chi connectivity index (χ3v) is 4.34.